The predicted octanol–water partition coefficient (Wildman–Crippen LogP) is 2.92. The van der Waals surface area contributed by atoms with E-state index in [1.54, 1.807) is 0 Å². The Labute approximate surface area is 138 Å². The first-order valence-electron chi connectivity index (χ1n) is 7.64. The average molecular weight is 333 g/mol. The number of hydrogen-bond donors (Lipinski definition) is 1. The summed E-state index contributed by atoms with van der Waals surface area (Å²) in [4.78, 5) is 0. The minimum Gasteiger partial charge on any atom is -0.494 e. The van der Waals surface area contributed by atoms with Crippen LogP contribution in [0.25, 0.3) is 0 Å². The van der Waals surface area contributed by atoms with E-state index in [1.807, 2.05) is 49.4 Å². The fourth-order valence-electron chi connectivity index (χ4n) is 2.32. The molecule has 0 aliphatic heterocycles. The van der Waals surface area contributed by atoms with E-state index in [2.05, 4.69) is 11.4 Å². The first-order chi connectivity index (χ1) is 11.0. The monoisotopic (exact) mass is 333 g/mol. The van der Waals surface area contributed by atoms with Crippen LogP contribution >= 0.6 is 0 Å². The average Bonchev–Trinajstić information content (AvgIpc) is 2.48. The van der Waals surface area contributed by atoms with Gasteiger partial charge in [-0.3, -0.25) is 0 Å². The quantitative estimate of drug-likeness (QED) is 0.807. The summed E-state index contributed by atoms with van der Waals surface area (Å²) >= 11 is 0. The van der Waals surface area contributed by atoms with E-state index in [1.165, 1.54) is 11.8 Å². The molecular formula is C18H23NO3S. The van der Waals surface area contributed by atoms with Crippen molar-refractivity contribution >= 4 is 9.84 Å². The van der Waals surface area contributed by atoms with Gasteiger partial charge in [0, 0.05) is 19.3 Å². The van der Waals surface area contributed by atoms with Gasteiger partial charge in [0.2, 0.25) is 0 Å². The Morgan fingerprint density at radius 3 is 2.26 bits per heavy atom. The molecule has 0 atom stereocenters. The van der Waals surface area contributed by atoms with Gasteiger partial charge in [-0.25, -0.2) is 8.42 Å². The topological polar surface area (TPSA) is 55.4 Å². The second-order valence-electron chi connectivity index (χ2n) is 5.57. The zero-order valence-electron chi connectivity index (χ0n) is 13.6. The lowest BCUT2D eigenvalue weighted by molar-refractivity contribution is 0.340. The van der Waals surface area contributed by atoms with Crippen LogP contribution in [0.3, 0.4) is 0 Å². The SMILES string of the molecule is CCOc1cccc(CNCc2ccc(CS(C)(=O)=O)cc2)c1. The van der Waals surface area contributed by atoms with E-state index in [9.17, 15) is 8.42 Å². The lowest BCUT2D eigenvalue weighted by atomic mass is 10.1. The molecule has 2 rings (SSSR count). The maximum atomic E-state index is 11.3. The van der Waals surface area contributed by atoms with Gasteiger partial charge < -0.3 is 10.1 Å². The highest BCUT2D eigenvalue weighted by Gasteiger charge is 2.04. The summed E-state index contributed by atoms with van der Waals surface area (Å²) in [5, 5.41) is 3.38. The maximum Gasteiger partial charge on any atom is 0.151 e. The van der Waals surface area contributed by atoms with Crippen LogP contribution in [-0.2, 0) is 28.7 Å². The van der Waals surface area contributed by atoms with Gasteiger partial charge in [0.25, 0.3) is 0 Å². The van der Waals surface area contributed by atoms with Crippen molar-refractivity contribution in [3.05, 3.63) is 65.2 Å². The number of ether oxygens (including phenoxy) is 1. The van der Waals surface area contributed by atoms with Gasteiger partial charge >= 0.3 is 0 Å². The Hall–Kier alpha value is -1.85. The van der Waals surface area contributed by atoms with Crippen molar-refractivity contribution in [1.29, 1.82) is 0 Å². The smallest absolute Gasteiger partial charge is 0.151 e. The van der Waals surface area contributed by atoms with E-state index in [-0.39, 0.29) is 5.75 Å². The molecule has 0 radical (unpaired) electrons. The molecule has 0 amide bonds. The van der Waals surface area contributed by atoms with Crippen LogP contribution in [0.15, 0.2) is 48.5 Å². The molecule has 2 aromatic carbocycles. The van der Waals surface area contributed by atoms with Gasteiger partial charge in [-0.1, -0.05) is 36.4 Å². The zero-order valence-corrected chi connectivity index (χ0v) is 14.4. The molecule has 23 heavy (non-hydrogen) atoms. The highest BCUT2D eigenvalue weighted by Crippen LogP contribution is 2.13. The molecule has 1 N–H and O–H groups in total. The van der Waals surface area contributed by atoms with Crippen molar-refractivity contribution in [1.82, 2.24) is 5.32 Å². The normalized spacial score (nSPS) is 11.4. The highest BCUT2D eigenvalue weighted by molar-refractivity contribution is 7.89. The third-order valence-electron chi connectivity index (χ3n) is 3.32. The number of nitrogens with one attached hydrogen (secondary N) is 1. The van der Waals surface area contributed by atoms with E-state index in [4.69, 9.17) is 4.74 Å². The summed E-state index contributed by atoms with van der Waals surface area (Å²) in [6.07, 6.45) is 1.25. The summed E-state index contributed by atoms with van der Waals surface area (Å²) in [6.45, 7) is 4.12. The molecule has 0 saturated carbocycles. The van der Waals surface area contributed by atoms with Gasteiger partial charge in [0.15, 0.2) is 9.84 Å². The summed E-state index contributed by atoms with van der Waals surface area (Å²) in [5.41, 5.74) is 3.12. The van der Waals surface area contributed by atoms with Crippen LogP contribution < -0.4 is 10.1 Å². The van der Waals surface area contributed by atoms with Crippen molar-refractivity contribution in [3.63, 3.8) is 0 Å². The van der Waals surface area contributed by atoms with E-state index < -0.39 is 9.84 Å². The van der Waals surface area contributed by atoms with Gasteiger partial charge in [0.1, 0.15) is 5.75 Å². The molecule has 0 aliphatic rings. The van der Waals surface area contributed by atoms with E-state index in [0.29, 0.717) is 6.61 Å². The van der Waals surface area contributed by atoms with E-state index in [0.717, 1.165) is 30.0 Å². The molecule has 0 bridgehead atoms. The molecule has 5 heteroatoms. The Kier molecular flexibility index (Phi) is 6.19. The summed E-state index contributed by atoms with van der Waals surface area (Å²) in [6, 6.07) is 15.7. The molecule has 4 nitrogen and oxygen atoms in total. The Bertz CT molecular complexity index is 724. The first kappa shape index (κ1) is 17.5. The molecule has 0 saturated heterocycles. The minimum absolute atomic E-state index is 0.0882. The highest BCUT2D eigenvalue weighted by atomic mass is 32.2. The van der Waals surface area contributed by atoms with Crippen LogP contribution in [0.1, 0.15) is 23.6 Å². The first-order valence-corrected chi connectivity index (χ1v) is 9.70. The molecule has 2 aromatic rings. The van der Waals surface area contributed by atoms with Crippen LogP contribution in [0, 0.1) is 0 Å². The third kappa shape index (κ3) is 6.42. The Morgan fingerprint density at radius 2 is 1.61 bits per heavy atom. The van der Waals surface area contributed by atoms with Gasteiger partial charge in [0.05, 0.1) is 12.4 Å². The molecule has 0 heterocycles. The molecule has 0 aromatic heterocycles. The standard InChI is InChI=1S/C18H23NO3S/c1-3-22-18-6-4-5-17(11-18)13-19-12-15-7-9-16(10-8-15)14-23(2,20)21/h4-11,19H,3,12-14H2,1-2H3. The Morgan fingerprint density at radius 1 is 0.957 bits per heavy atom. The van der Waals surface area contributed by atoms with Crippen LogP contribution in [-0.4, -0.2) is 21.3 Å². The van der Waals surface area contributed by atoms with Crippen LogP contribution in [0.5, 0.6) is 5.75 Å². The fraction of sp³-hybridized carbons (Fsp3) is 0.333. The second kappa shape index (κ2) is 8.13. The van der Waals surface area contributed by atoms with Gasteiger partial charge in [-0.05, 0) is 35.7 Å². The predicted molar refractivity (Wildman–Crippen MR) is 93.1 cm³/mol. The van der Waals surface area contributed by atoms with Gasteiger partial charge in [-0.15, -0.1) is 0 Å². The molecular weight excluding hydrogens is 310 g/mol. The van der Waals surface area contributed by atoms with Crippen molar-refractivity contribution < 1.29 is 13.2 Å². The number of sulfone groups is 1. The van der Waals surface area contributed by atoms with Crippen molar-refractivity contribution in [2.75, 3.05) is 12.9 Å². The summed E-state index contributed by atoms with van der Waals surface area (Å²) < 4.78 is 28.0. The van der Waals surface area contributed by atoms with Gasteiger partial charge in [-0.2, -0.15) is 0 Å². The largest absolute Gasteiger partial charge is 0.494 e. The third-order valence-corrected chi connectivity index (χ3v) is 4.18. The molecule has 124 valence electrons. The Balaban J connectivity index is 1.85. The van der Waals surface area contributed by atoms with E-state index >= 15 is 0 Å². The zero-order chi connectivity index (χ0) is 16.7. The lowest BCUT2D eigenvalue weighted by Crippen LogP contribution is -2.12. The second-order valence-corrected chi connectivity index (χ2v) is 7.71. The van der Waals surface area contributed by atoms with Crippen LogP contribution in [0.2, 0.25) is 0 Å². The molecule has 0 unspecified atom stereocenters. The summed E-state index contributed by atoms with van der Waals surface area (Å²) in [7, 11) is -2.98. The molecule has 0 fully saturated rings. The molecule has 0 aliphatic carbocycles. The minimum atomic E-state index is -2.98. The molecule has 0 spiro atoms. The van der Waals surface area contributed by atoms with Crippen molar-refractivity contribution in [2.45, 2.75) is 25.8 Å². The number of hydrogen-bond acceptors (Lipinski definition) is 4. The maximum absolute atomic E-state index is 11.3. The van der Waals surface area contributed by atoms with Crippen molar-refractivity contribution in [3.8, 4) is 5.75 Å². The number of benzene rings is 2. The lowest BCUT2D eigenvalue weighted by Gasteiger charge is -2.08. The summed E-state index contributed by atoms with van der Waals surface area (Å²) in [5.74, 6) is 0.974. The van der Waals surface area contributed by atoms with Crippen LogP contribution in [0.4, 0.5) is 0 Å². The fourth-order valence-corrected chi connectivity index (χ4v) is 3.12. The van der Waals surface area contributed by atoms with Crippen molar-refractivity contribution in [2.24, 2.45) is 0 Å². The number of rotatable bonds is 8.